The number of nitrogens with one attached hydrogen (secondary N) is 3. The lowest BCUT2D eigenvalue weighted by molar-refractivity contribution is 0.411. The van der Waals surface area contributed by atoms with Gasteiger partial charge in [-0.1, -0.05) is 30.3 Å². The molecule has 5 nitrogen and oxygen atoms in total. The van der Waals surface area contributed by atoms with Crippen molar-refractivity contribution in [2.45, 2.75) is 19.8 Å². The zero-order chi connectivity index (χ0) is 18.6. The first kappa shape index (κ1) is 23.1. The lowest BCUT2D eigenvalue weighted by Gasteiger charge is -2.13. The number of ether oxygens (including phenoxy) is 1. The molecule has 0 fully saturated rings. The fourth-order valence-electron chi connectivity index (χ4n) is 2.65. The lowest BCUT2D eigenvalue weighted by Crippen LogP contribution is -2.39. The van der Waals surface area contributed by atoms with E-state index in [4.69, 9.17) is 4.74 Å². The molecule has 0 aliphatic carbocycles. The summed E-state index contributed by atoms with van der Waals surface area (Å²) < 4.78 is 5.38. The Labute approximate surface area is 180 Å². The number of anilines is 1. The molecule has 0 atom stereocenters. The SMILES string of the molecule is CN=C(NCCCNc1ccccc1)NCCc1ccc(C)c(OC)c1.I. The van der Waals surface area contributed by atoms with Gasteiger partial charge in [0.1, 0.15) is 5.75 Å². The summed E-state index contributed by atoms with van der Waals surface area (Å²) in [5.41, 5.74) is 3.57. The lowest BCUT2D eigenvalue weighted by atomic mass is 10.1. The molecule has 0 aliphatic heterocycles. The van der Waals surface area contributed by atoms with Gasteiger partial charge in [0.05, 0.1) is 7.11 Å². The highest BCUT2D eigenvalue weighted by atomic mass is 127. The minimum atomic E-state index is 0. The van der Waals surface area contributed by atoms with Crippen molar-refractivity contribution in [3.63, 3.8) is 0 Å². The molecule has 0 spiro atoms. The second-order valence-corrected chi connectivity index (χ2v) is 6.13. The maximum absolute atomic E-state index is 5.38. The van der Waals surface area contributed by atoms with E-state index in [9.17, 15) is 0 Å². The predicted octanol–water partition coefficient (Wildman–Crippen LogP) is 3.83. The molecule has 0 saturated heterocycles. The Kier molecular flexibility index (Phi) is 11.3. The van der Waals surface area contributed by atoms with E-state index in [2.05, 4.69) is 58.2 Å². The number of guanidine groups is 1. The molecule has 2 aromatic rings. The van der Waals surface area contributed by atoms with Crippen molar-refractivity contribution < 1.29 is 4.74 Å². The van der Waals surface area contributed by atoms with Crippen molar-refractivity contribution in [3.8, 4) is 5.75 Å². The van der Waals surface area contributed by atoms with E-state index in [-0.39, 0.29) is 24.0 Å². The van der Waals surface area contributed by atoms with E-state index in [1.165, 1.54) is 5.56 Å². The van der Waals surface area contributed by atoms with Crippen LogP contribution in [0.15, 0.2) is 53.5 Å². The maximum Gasteiger partial charge on any atom is 0.190 e. The predicted molar refractivity (Wildman–Crippen MR) is 126 cm³/mol. The largest absolute Gasteiger partial charge is 0.496 e. The zero-order valence-electron chi connectivity index (χ0n) is 16.4. The zero-order valence-corrected chi connectivity index (χ0v) is 18.7. The smallest absolute Gasteiger partial charge is 0.190 e. The Morgan fingerprint density at radius 3 is 2.44 bits per heavy atom. The molecule has 0 radical (unpaired) electrons. The Bertz CT molecular complexity index is 692. The van der Waals surface area contributed by atoms with Crippen LogP contribution in [-0.4, -0.2) is 39.8 Å². The Hall–Kier alpha value is -1.96. The number of aliphatic imine (C=N–C) groups is 1. The second-order valence-electron chi connectivity index (χ2n) is 6.13. The summed E-state index contributed by atoms with van der Waals surface area (Å²) in [5.74, 6) is 1.78. The molecule has 2 rings (SSSR count). The normalized spacial score (nSPS) is 10.7. The third kappa shape index (κ3) is 8.51. The van der Waals surface area contributed by atoms with Crippen molar-refractivity contribution in [1.29, 1.82) is 0 Å². The highest BCUT2D eigenvalue weighted by molar-refractivity contribution is 14.0. The Morgan fingerprint density at radius 1 is 1.00 bits per heavy atom. The van der Waals surface area contributed by atoms with E-state index in [1.54, 1.807) is 14.2 Å². The summed E-state index contributed by atoms with van der Waals surface area (Å²) in [7, 11) is 3.51. The molecule has 0 heterocycles. The van der Waals surface area contributed by atoms with E-state index >= 15 is 0 Å². The van der Waals surface area contributed by atoms with Gasteiger partial charge in [-0.25, -0.2) is 0 Å². The van der Waals surface area contributed by atoms with Crippen molar-refractivity contribution in [1.82, 2.24) is 10.6 Å². The van der Waals surface area contributed by atoms with Crippen LogP contribution in [0.4, 0.5) is 5.69 Å². The molecule has 0 bridgehead atoms. The first-order chi connectivity index (χ1) is 12.7. The first-order valence-corrected chi connectivity index (χ1v) is 9.10. The van der Waals surface area contributed by atoms with Gasteiger partial charge in [0.25, 0.3) is 0 Å². The van der Waals surface area contributed by atoms with Crippen LogP contribution < -0.4 is 20.7 Å². The minimum absolute atomic E-state index is 0. The molecule has 0 aromatic heterocycles. The number of hydrogen-bond donors (Lipinski definition) is 3. The van der Waals surface area contributed by atoms with Crippen LogP contribution in [0.5, 0.6) is 5.75 Å². The third-order valence-corrected chi connectivity index (χ3v) is 4.15. The van der Waals surface area contributed by atoms with Crippen molar-refractivity contribution in [2.75, 3.05) is 39.1 Å². The van der Waals surface area contributed by atoms with Crippen LogP contribution in [0.25, 0.3) is 0 Å². The monoisotopic (exact) mass is 482 g/mol. The van der Waals surface area contributed by atoms with Crippen LogP contribution in [-0.2, 0) is 6.42 Å². The summed E-state index contributed by atoms with van der Waals surface area (Å²) in [6, 6.07) is 16.6. The molecule has 3 N–H and O–H groups in total. The third-order valence-electron chi connectivity index (χ3n) is 4.15. The van der Waals surface area contributed by atoms with Crippen LogP contribution >= 0.6 is 24.0 Å². The number of rotatable bonds is 9. The molecular weight excluding hydrogens is 451 g/mol. The summed E-state index contributed by atoms with van der Waals surface area (Å²) >= 11 is 0. The molecular formula is C21H31IN4O. The van der Waals surface area contributed by atoms with Crippen molar-refractivity contribution in [2.24, 2.45) is 4.99 Å². The number of aryl methyl sites for hydroxylation is 1. The van der Waals surface area contributed by atoms with Crippen LogP contribution in [0.3, 0.4) is 0 Å². The molecule has 2 aromatic carbocycles. The van der Waals surface area contributed by atoms with Gasteiger partial charge >= 0.3 is 0 Å². The number of para-hydroxylation sites is 1. The molecule has 0 saturated carbocycles. The summed E-state index contributed by atoms with van der Waals surface area (Å²) in [6.45, 7) is 4.68. The quantitative estimate of drug-likeness (QED) is 0.220. The van der Waals surface area contributed by atoms with Gasteiger partial charge in [-0.3, -0.25) is 4.99 Å². The van der Waals surface area contributed by atoms with Gasteiger partial charge in [0.15, 0.2) is 5.96 Å². The Morgan fingerprint density at radius 2 is 1.74 bits per heavy atom. The number of benzene rings is 2. The second kappa shape index (κ2) is 13.2. The molecule has 0 unspecified atom stereocenters. The van der Waals surface area contributed by atoms with Gasteiger partial charge in [-0.05, 0) is 49.1 Å². The number of methoxy groups -OCH3 is 1. The molecule has 6 heteroatoms. The molecule has 148 valence electrons. The van der Waals surface area contributed by atoms with Crippen molar-refractivity contribution in [3.05, 3.63) is 59.7 Å². The van der Waals surface area contributed by atoms with Crippen LogP contribution in [0.2, 0.25) is 0 Å². The van der Waals surface area contributed by atoms with E-state index in [0.717, 1.165) is 55.4 Å². The summed E-state index contributed by atoms with van der Waals surface area (Å²) in [5, 5.41) is 10.1. The van der Waals surface area contributed by atoms with Crippen LogP contribution in [0.1, 0.15) is 17.5 Å². The molecule has 0 aliphatic rings. The van der Waals surface area contributed by atoms with Gasteiger partial charge in [-0.2, -0.15) is 0 Å². The Balaban J connectivity index is 0.00000364. The standard InChI is InChI=1S/C21H30N4O.HI/c1-17-10-11-18(16-20(17)26-3)12-15-25-21(22-2)24-14-7-13-23-19-8-5-4-6-9-19;/h4-6,8-11,16,23H,7,12-15H2,1-3H3,(H2,22,24,25);1H. The average molecular weight is 482 g/mol. The fraction of sp³-hybridized carbons (Fsp3) is 0.381. The minimum Gasteiger partial charge on any atom is -0.496 e. The number of halogens is 1. The van der Waals surface area contributed by atoms with Crippen molar-refractivity contribution >= 4 is 35.6 Å². The number of nitrogens with zero attached hydrogens (tertiary/aromatic N) is 1. The van der Waals surface area contributed by atoms with Gasteiger partial charge < -0.3 is 20.7 Å². The van der Waals surface area contributed by atoms with E-state index in [0.29, 0.717) is 0 Å². The van der Waals surface area contributed by atoms with E-state index in [1.807, 2.05) is 18.2 Å². The molecule has 0 amide bonds. The average Bonchev–Trinajstić information content (AvgIpc) is 2.68. The van der Waals surface area contributed by atoms with Gasteiger partial charge in [0, 0.05) is 32.4 Å². The van der Waals surface area contributed by atoms with Gasteiger partial charge in [0.2, 0.25) is 0 Å². The summed E-state index contributed by atoms with van der Waals surface area (Å²) in [6.07, 6.45) is 1.94. The fourth-order valence-corrected chi connectivity index (χ4v) is 2.65. The molecule has 27 heavy (non-hydrogen) atoms. The topological polar surface area (TPSA) is 57.7 Å². The summed E-state index contributed by atoms with van der Waals surface area (Å²) in [4.78, 5) is 4.27. The van der Waals surface area contributed by atoms with Gasteiger partial charge in [-0.15, -0.1) is 24.0 Å². The maximum atomic E-state index is 5.38. The highest BCUT2D eigenvalue weighted by Crippen LogP contribution is 2.18. The van der Waals surface area contributed by atoms with E-state index < -0.39 is 0 Å². The number of hydrogen-bond acceptors (Lipinski definition) is 3. The van der Waals surface area contributed by atoms with Crippen LogP contribution in [0, 0.1) is 6.92 Å². The highest BCUT2D eigenvalue weighted by Gasteiger charge is 2.02. The first-order valence-electron chi connectivity index (χ1n) is 9.10.